The summed E-state index contributed by atoms with van der Waals surface area (Å²) in [5.41, 5.74) is 8.44. The van der Waals surface area contributed by atoms with Crippen LogP contribution in [0.15, 0.2) is 18.2 Å². The van der Waals surface area contributed by atoms with E-state index in [0.717, 1.165) is 11.3 Å². The minimum Gasteiger partial charge on any atom is -0.374 e. The lowest BCUT2D eigenvalue weighted by Gasteiger charge is -2.10. The van der Waals surface area contributed by atoms with E-state index in [1.807, 2.05) is 39.0 Å². The Balaban J connectivity index is 2.46. The van der Waals surface area contributed by atoms with E-state index in [2.05, 4.69) is 10.1 Å². The maximum Gasteiger partial charge on any atom is 0.225 e. The third-order valence-corrected chi connectivity index (χ3v) is 3.29. The van der Waals surface area contributed by atoms with Gasteiger partial charge in [0.05, 0.1) is 12.1 Å². The number of benzene rings is 1. The van der Waals surface area contributed by atoms with Crippen LogP contribution in [0.3, 0.4) is 0 Å². The number of hydrogen-bond donors (Lipinski definition) is 1. The van der Waals surface area contributed by atoms with Crippen LogP contribution in [0.4, 0.5) is 0 Å². The van der Waals surface area contributed by atoms with E-state index in [-0.39, 0.29) is 6.42 Å². The number of aromatic nitrogens is 3. The highest BCUT2D eigenvalue weighted by molar-refractivity contribution is 5.75. The molecule has 0 saturated carbocycles. The summed E-state index contributed by atoms with van der Waals surface area (Å²) in [6, 6.07) is 5.99. The second kappa shape index (κ2) is 6.49. The van der Waals surface area contributed by atoms with Crippen molar-refractivity contribution in [2.45, 2.75) is 33.8 Å². The van der Waals surface area contributed by atoms with Crippen LogP contribution in [0.2, 0.25) is 0 Å². The van der Waals surface area contributed by atoms with Crippen molar-refractivity contribution >= 4 is 5.91 Å². The summed E-state index contributed by atoms with van der Waals surface area (Å²) in [5.74, 6) is 0.635. The summed E-state index contributed by atoms with van der Waals surface area (Å²) in [6.45, 7) is 6.93. The Morgan fingerprint density at radius 2 is 2.14 bits per heavy atom. The van der Waals surface area contributed by atoms with Gasteiger partial charge in [0, 0.05) is 6.61 Å². The van der Waals surface area contributed by atoms with Crippen LogP contribution in [-0.4, -0.2) is 27.3 Å². The molecule has 21 heavy (non-hydrogen) atoms. The SMILES string of the molecule is CCOCc1nc(CC(N)=O)nn1-c1cccc(C)c1C. The molecule has 6 nitrogen and oxygen atoms in total. The zero-order valence-corrected chi connectivity index (χ0v) is 12.6. The Morgan fingerprint density at radius 1 is 1.38 bits per heavy atom. The molecule has 1 amide bonds. The zero-order valence-electron chi connectivity index (χ0n) is 12.6. The lowest BCUT2D eigenvalue weighted by Crippen LogP contribution is -2.14. The highest BCUT2D eigenvalue weighted by Gasteiger charge is 2.15. The Bertz CT molecular complexity index is 649. The van der Waals surface area contributed by atoms with Gasteiger partial charge in [-0.15, -0.1) is 0 Å². The molecule has 2 aromatic rings. The molecule has 0 aliphatic heterocycles. The Labute approximate surface area is 123 Å². The predicted molar refractivity (Wildman–Crippen MR) is 79.1 cm³/mol. The summed E-state index contributed by atoms with van der Waals surface area (Å²) in [5, 5.41) is 4.40. The van der Waals surface area contributed by atoms with E-state index < -0.39 is 5.91 Å². The minimum absolute atomic E-state index is 0.0248. The topological polar surface area (TPSA) is 83.0 Å². The number of carbonyl (C=O) groups is 1. The lowest BCUT2D eigenvalue weighted by molar-refractivity contribution is -0.117. The maximum atomic E-state index is 11.1. The van der Waals surface area contributed by atoms with Gasteiger partial charge in [-0.25, -0.2) is 9.67 Å². The molecule has 0 atom stereocenters. The molecule has 2 N–H and O–H groups in total. The lowest BCUT2D eigenvalue weighted by atomic mass is 10.1. The third-order valence-electron chi connectivity index (χ3n) is 3.29. The fourth-order valence-corrected chi connectivity index (χ4v) is 2.07. The van der Waals surface area contributed by atoms with E-state index in [4.69, 9.17) is 10.5 Å². The zero-order chi connectivity index (χ0) is 15.4. The van der Waals surface area contributed by atoms with Crippen molar-refractivity contribution in [2.24, 2.45) is 5.73 Å². The number of primary amides is 1. The summed E-state index contributed by atoms with van der Waals surface area (Å²) < 4.78 is 7.16. The molecule has 1 aromatic heterocycles. The van der Waals surface area contributed by atoms with Crippen LogP contribution in [-0.2, 0) is 22.6 Å². The highest BCUT2D eigenvalue weighted by Crippen LogP contribution is 2.19. The van der Waals surface area contributed by atoms with Crippen molar-refractivity contribution in [3.63, 3.8) is 0 Å². The number of hydrogen-bond acceptors (Lipinski definition) is 4. The van der Waals surface area contributed by atoms with Gasteiger partial charge in [0.15, 0.2) is 11.6 Å². The van der Waals surface area contributed by atoms with Crippen molar-refractivity contribution in [1.82, 2.24) is 14.8 Å². The van der Waals surface area contributed by atoms with Gasteiger partial charge >= 0.3 is 0 Å². The van der Waals surface area contributed by atoms with E-state index >= 15 is 0 Å². The molecule has 2 rings (SSSR count). The number of aryl methyl sites for hydroxylation is 1. The molecule has 0 aliphatic carbocycles. The third kappa shape index (κ3) is 3.46. The summed E-state index contributed by atoms with van der Waals surface area (Å²) in [7, 11) is 0. The molecule has 0 aliphatic rings. The summed E-state index contributed by atoms with van der Waals surface area (Å²) >= 11 is 0. The monoisotopic (exact) mass is 288 g/mol. The Hall–Kier alpha value is -2.21. The number of nitrogens with two attached hydrogens (primary N) is 1. The summed E-state index contributed by atoms with van der Waals surface area (Å²) in [4.78, 5) is 15.4. The van der Waals surface area contributed by atoms with E-state index in [9.17, 15) is 4.79 Å². The Kier molecular flexibility index (Phi) is 4.70. The second-order valence-electron chi connectivity index (χ2n) is 4.86. The number of nitrogens with zero attached hydrogens (tertiary/aromatic N) is 3. The smallest absolute Gasteiger partial charge is 0.225 e. The number of carbonyl (C=O) groups excluding carboxylic acids is 1. The van der Waals surface area contributed by atoms with Gasteiger partial charge in [-0.1, -0.05) is 12.1 Å². The maximum absolute atomic E-state index is 11.1. The number of rotatable bonds is 6. The fourth-order valence-electron chi connectivity index (χ4n) is 2.07. The molecule has 1 aromatic carbocycles. The highest BCUT2D eigenvalue weighted by atomic mass is 16.5. The molecule has 0 unspecified atom stereocenters. The second-order valence-corrected chi connectivity index (χ2v) is 4.86. The first-order valence-electron chi connectivity index (χ1n) is 6.90. The number of ether oxygens (including phenoxy) is 1. The first-order valence-corrected chi connectivity index (χ1v) is 6.90. The quantitative estimate of drug-likeness (QED) is 0.872. The van der Waals surface area contributed by atoms with Crippen LogP contribution in [0.5, 0.6) is 0 Å². The van der Waals surface area contributed by atoms with Crippen molar-refractivity contribution in [3.05, 3.63) is 41.0 Å². The van der Waals surface area contributed by atoms with Crippen molar-refractivity contribution in [3.8, 4) is 5.69 Å². The molecule has 112 valence electrons. The molecule has 0 radical (unpaired) electrons. The largest absolute Gasteiger partial charge is 0.374 e. The van der Waals surface area contributed by atoms with Crippen molar-refractivity contribution in [1.29, 1.82) is 0 Å². The van der Waals surface area contributed by atoms with E-state index in [0.29, 0.717) is 24.9 Å². The summed E-state index contributed by atoms with van der Waals surface area (Å²) in [6.07, 6.45) is 0.0248. The fraction of sp³-hybridized carbons (Fsp3) is 0.400. The van der Waals surface area contributed by atoms with Gasteiger partial charge in [0.2, 0.25) is 5.91 Å². The molecule has 0 spiro atoms. The van der Waals surface area contributed by atoms with Gasteiger partial charge in [0.1, 0.15) is 6.61 Å². The Morgan fingerprint density at radius 3 is 2.81 bits per heavy atom. The first-order chi connectivity index (χ1) is 10.0. The molecule has 0 saturated heterocycles. The predicted octanol–water partition coefficient (Wildman–Crippen LogP) is 1.45. The van der Waals surface area contributed by atoms with Crippen LogP contribution in [0.25, 0.3) is 5.69 Å². The molecular weight excluding hydrogens is 268 g/mol. The first kappa shape index (κ1) is 15.2. The van der Waals surface area contributed by atoms with Crippen molar-refractivity contribution in [2.75, 3.05) is 6.61 Å². The molecular formula is C15H20N4O2. The normalized spacial score (nSPS) is 10.8. The molecule has 0 fully saturated rings. The average Bonchev–Trinajstić information content (AvgIpc) is 2.81. The van der Waals surface area contributed by atoms with Gasteiger partial charge in [-0.05, 0) is 38.0 Å². The number of amides is 1. The van der Waals surface area contributed by atoms with E-state index in [1.54, 1.807) is 4.68 Å². The minimum atomic E-state index is -0.448. The van der Waals surface area contributed by atoms with Crippen LogP contribution >= 0.6 is 0 Å². The van der Waals surface area contributed by atoms with Gasteiger partial charge in [0.25, 0.3) is 0 Å². The molecule has 0 bridgehead atoms. The van der Waals surface area contributed by atoms with Crippen LogP contribution < -0.4 is 5.73 Å². The molecule has 1 heterocycles. The van der Waals surface area contributed by atoms with Crippen LogP contribution in [0, 0.1) is 13.8 Å². The standard InChI is InChI=1S/C15H20N4O2/c1-4-21-9-15-17-14(8-13(16)20)18-19(15)12-7-5-6-10(2)11(12)3/h5-7H,4,8-9H2,1-3H3,(H2,16,20). The van der Waals surface area contributed by atoms with Gasteiger partial charge in [-0.2, -0.15) is 5.10 Å². The van der Waals surface area contributed by atoms with Crippen LogP contribution in [0.1, 0.15) is 29.7 Å². The molecule has 6 heteroatoms. The van der Waals surface area contributed by atoms with Gasteiger partial charge < -0.3 is 10.5 Å². The van der Waals surface area contributed by atoms with Gasteiger partial charge in [-0.3, -0.25) is 4.79 Å². The van der Waals surface area contributed by atoms with E-state index in [1.165, 1.54) is 5.56 Å². The van der Waals surface area contributed by atoms with Crippen molar-refractivity contribution < 1.29 is 9.53 Å². The average molecular weight is 288 g/mol.